The number of carbonyl (C=O) groups excluding carboxylic acids is 1. The molecular weight excluding hydrogens is 343 g/mol. The molecule has 1 amide bonds. The molecule has 0 N–H and O–H groups in total. The number of fused-ring (bicyclic) bond motifs is 1. The minimum absolute atomic E-state index is 0.195. The van der Waals surface area contributed by atoms with Crippen LogP contribution in [0.1, 0.15) is 27.2 Å². The first-order valence-corrected chi connectivity index (χ1v) is 8.55. The van der Waals surface area contributed by atoms with Crippen LogP contribution in [0.25, 0.3) is 0 Å². The number of nitrogens with zero attached hydrogens (tertiary/aromatic N) is 3. The number of amides is 1. The second kappa shape index (κ2) is 6.39. The highest BCUT2D eigenvalue weighted by Gasteiger charge is 2.37. The van der Waals surface area contributed by atoms with E-state index in [0.29, 0.717) is 19.1 Å². The SMILES string of the molecule is O=C(c1ccc(C(F)(F)F)nc1)N1CC(N2CCc3ccccc3C2)C1. The summed E-state index contributed by atoms with van der Waals surface area (Å²) >= 11 is 0. The summed E-state index contributed by atoms with van der Waals surface area (Å²) in [6, 6.07) is 10.7. The van der Waals surface area contributed by atoms with Gasteiger partial charge < -0.3 is 4.90 Å². The van der Waals surface area contributed by atoms with Crippen molar-refractivity contribution < 1.29 is 18.0 Å². The fraction of sp³-hybridized carbons (Fsp3) is 0.368. The number of pyridine rings is 1. The van der Waals surface area contributed by atoms with E-state index in [2.05, 4.69) is 28.1 Å². The summed E-state index contributed by atoms with van der Waals surface area (Å²) in [5.74, 6) is -0.264. The van der Waals surface area contributed by atoms with Gasteiger partial charge in [-0.2, -0.15) is 13.2 Å². The number of halogens is 3. The third kappa shape index (κ3) is 3.19. The third-order valence-corrected chi connectivity index (χ3v) is 5.13. The van der Waals surface area contributed by atoms with Gasteiger partial charge in [0.2, 0.25) is 0 Å². The molecule has 2 aliphatic rings. The van der Waals surface area contributed by atoms with Gasteiger partial charge in [-0.15, -0.1) is 0 Å². The molecule has 26 heavy (non-hydrogen) atoms. The minimum Gasteiger partial charge on any atom is -0.335 e. The second-order valence-electron chi connectivity index (χ2n) is 6.78. The maximum Gasteiger partial charge on any atom is 0.433 e. The predicted molar refractivity (Wildman–Crippen MR) is 89.5 cm³/mol. The average molecular weight is 361 g/mol. The second-order valence-corrected chi connectivity index (χ2v) is 6.78. The molecule has 1 saturated heterocycles. The Labute approximate surface area is 149 Å². The molecule has 4 nitrogen and oxygen atoms in total. The standard InChI is InChI=1S/C19H18F3N3O/c20-19(21,22)17-6-5-14(9-23-17)18(26)25-11-16(12-25)24-8-7-13-3-1-2-4-15(13)10-24/h1-6,9,16H,7-8,10-12H2. The maximum absolute atomic E-state index is 12.6. The molecule has 1 aromatic carbocycles. The summed E-state index contributed by atoms with van der Waals surface area (Å²) in [6.07, 6.45) is -2.48. The van der Waals surface area contributed by atoms with Gasteiger partial charge in [0.1, 0.15) is 5.69 Å². The lowest BCUT2D eigenvalue weighted by atomic mass is 9.96. The average Bonchev–Trinajstić information content (AvgIpc) is 2.59. The van der Waals surface area contributed by atoms with Crippen LogP contribution in [0, 0.1) is 0 Å². The molecule has 7 heteroatoms. The zero-order chi connectivity index (χ0) is 18.3. The zero-order valence-corrected chi connectivity index (χ0v) is 14.0. The van der Waals surface area contributed by atoms with Gasteiger partial charge in [-0.3, -0.25) is 14.7 Å². The summed E-state index contributed by atoms with van der Waals surface area (Å²) in [6.45, 7) is 3.04. The zero-order valence-electron chi connectivity index (χ0n) is 14.0. The molecule has 3 heterocycles. The lowest BCUT2D eigenvalue weighted by Gasteiger charge is -2.46. The molecule has 2 aromatic rings. The van der Waals surface area contributed by atoms with Crippen molar-refractivity contribution in [2.45, 2.75) is 25.2 Å². The summed E-state index contributed by atoms with van der Waals surface area (Å²) in [5, 5.41) is 0. The van der Waals surface area contributed by atoms with E-state index >= 15 is 0 Å². The van der Waals surface area contributed by atoms with E-state index in [1.165, 1.54) is 17.2 Å². The molecule has 0 saturated carbocycles. The molecule has 1 fully saturated rings. The van der Waals surface area contributed by atoms with Crippen LogP contribution in [-0.2, 0) is 19.1 Å². The Morgan fingerprint density at radius 3 is 2.46 bits per heavy atom. The first kappa shape index (κ1) is 17.0. The lowest BCUT2D eigenvalue weighted by molar-refractivity contribution is -0.141. The smallest absolute Gasteiger partial charge is 0.335 e. The van der Waals surface area contributed by atoms with E-state index in [1.54, 1.807) is 4.90 Å². The molecule has 136 valence electrons. The number of alkyl halides is 3. The highest BCUT2D eigenvalue weighted by molar-refractivity contribution is 5.94. The van der Waals surface area contributed by atoms with Gasteiger partial charge in [0.05, 0.1) is 5.56 Å². The molecule has 2 aliphatic heterocycles. The fourth-order valence-corrected chi connectivity index (χ4v) is 3.55. The van der Waals surface area contributed by atoms with Crippen molar-refractivity contribution in [1.29, 1.82) is 0 Å². The molecule has 0 bridgehead atoms. The number of likely N-dealkylation sites (tertiary alicyclic amines) is 1. The lowest BCUT2D eigenvalue weighted by Crippen LogP contribution is -2.61. The van der Waals surface area contributed by atoms with E-state index in [0.717, 1.165) is 31.8 Å². The van der Waals surface area contributed by atoms with Crippen molar-refractivity contribution in [2.24, 2.45) is 0 Å². The molecular formula is C19H18F3N3O. The van der Waals surface area contributed by atoms with Crippen LogP contribution in [0.5, 0.6) is 0 Å². The van der Waals surface area contributed by atoms with Gasteiger partial charge >= 0.3 is 6.18 Å². The fourth-order valence-electron chi connectivity index (χ4n) is 3.55. The van der Waals surface area contributed by atoms with Crippen molar-refractivity contribution in [1.82, 2.24) is 14.8 Å². The minimum atomic E-state index is -4.49. The van der Waals surface area contributed by atoms with Gasteiger partial charge in [0.25, 0.3) is 5.91 Å². The van der Waals surface area contributed by atoms with E-state index in [1.807, 2.05) is 6.07 Å². The first-order valence-electron chi connectivity index (χ1n) is 8.55. The summed E-state index contributed by atoms with van der Waals surface area (Å²) in [5.41, 5.74) is 1.92. The highest BCUT2D eigenvalue weighted by Crippen LogP contribution is 2.28. The van der Waals surface area contributed by atoms with Gasteiger partial charge in [-0.1, -0.05) is 24.3 Å². The van der Waals surface area contributed by atoms with Crippen LogP contribution >= 0.6 is 0 Å². The highest BCUT2D eigenvalue weighted by atomic mass is 19.4. The molecule has 0 spiro atoms. The number of carbonyl (C=O) groups is 1. The molecule has 0 unspecified atom stereocenters. The number of hydrogen-bond acceptors (Lipinski definition) is 3. The number of aromatic nitrogens is 1. The van der Waals surface area contributed by atoms with Gasteiger partial charge in [-0.05, 0) is 29.7 Å². The monoisotopic (exact) mass is 361 g/mol. The van der Waals surface area contributed by atoms with Gasteiger partial charge in [0.15, 0.2) is 0 Å². The van der Waals surface area contributed by atoms with Gasteiger partial charge in [0, 0.05) is 38.4 Å². The van der Waals surface area contributed by atoms with E-state index < -0.39 is 11.9 Å². The number of benzene rings is 1. The largest absolute Gasteiger partial charge is 0.433 e. The molecule has 4 rings (SSSR count). The Bertz CT molecular complexity index is 814. The number of rotatable bonds is 2. The normalized spacial score (nSPS) is 18.3. The van der Waals surface area contributed by atoms with Crippen molar-refractivity contribution >= 4 is 5.91 Å². The summed E-state index contributed by atoms with van der Waals surface area (Å²) < 4.78 is 37.7. The Morgan fingerprint density at radius 2 is 1.81 bits per heavy atom. The van der Waals surface area contributed by atoms with Crippen LogP contribution in [0.15, 0.2) is 42.6 Å². The van der Waals surface area contributed by atoms with Crippen molar-refractivity contribution in [3.8, 4) is 0 Å². The van der Waals surface area contributed by atoms with Crippen molar-refractivity contribution in [3.05, 3.63) is 65.0 Å². The molecule has 0 radical (unpaired) electrons. The van der Waals surface area contributed by atoms with E-state index in [-0.39, 0.29) is 11.5 Å². The quantitative estimate of drug-likeness (QED) is 0.825. The van der Waals surface area contributed by atoms with Crippen LogP contribution in [0.3, 0.4) is 0 Å². The summed E-state index contributed by atoms with van der Waals surface area (Å²) in [4.78, 5) is 19.8. The van der Waals surface area contributed by atoms with Crippen molar-refractivity contribution in [2.75, 3.05) is 19.6 Å². The van der Waals surface area contributed by atoms with E-state index in [4.69, 9.17) is 0 Å². The Balaban J connectivity index is 1.35. The Kier molecular flexibility index (Phi) is 4.19. The van der Waals surface area contributed by atoms with E-state index in [9.17, 15) is 18.0 Å². The maximum atomic E-state index is 12.6. The summed E-state index contributed by atoms with van der Waals surface area (Å²) in [7, 11) is 0. The van der Waals surface area contributed by atoms with Crippen LogP contribution in [0.2, 0.25) is 0 Å². The Hall–Kier alpha value is -2.41. The number of hydrogen-bond donors (Lipinski definition) is 0. The first-order chi connectivity index (χ1) is 12.4. The molecule has 0 atom stereocenters. The van der Waals surface area contributed by atoms with Crippen LogP contribution in [-0.4, -0.2) is 46.4 Å². The Morgan fingerprint density at radius 1 is 1.08 bits per heavy atom. The predicted octanol–water partition coefficient (Wildman–Crippen LogP) is 2.98. The van der Waals surface area contributed by atoms with Gasteiger partial charge in [-0.25, -0.2) is 0 Å². The van der Waals surface area contributed by atoms with Crippen LogP contribution < -0.4 is 0 Å². The molecule has 1 aromatic heterocycles. The third-order valence-electron chi connectivity index (χ3n) is 5.13. The topological polar surface area (TPSA) is 36.4 Å². The van der Waals surface area contributed by atoms with Crippen molar-refractivity contribution in [3.63, 3.8) is 0 Å². The molecule has 0 aliphatic carbocycles. The van der Waals surface area contributed by atoms with Crippen LogP contribution in [0.4, 0.5) is 13.2 Å².